The number of aromatic nitrogens is 1. The highest BCUT2D eigenvalue weighted by Gasteiger charge is 2.33. The quantitative estimate of drug-likeness (QED) is 0.847. The van der Waals surface area contributed by atoms with Crippen molar-refractivity contribution in [3.8, 4) is 0 Å². The van der Waals surface area contributed by atoms with E-state index in [-0.39, 0.29) is 29.4 Å². The second kappa shape index (κ2) is 5.69. The van der Waals surface area contributed by atoms with Gasteiger partial charge in [-0.2, -0.15) is 0 Å². The minimum absolute atomic E-state index is 0. The fourth-order valence-electron chi connectivity index (χ4n) is 2.41. The van der Waals surface area contributed by atoms with Gasteiger partial charge in [-0.15, -0.1) is 12.4 Å². The summed E-state index contributed by atoms with van der Waals surface area (Å²) >= 11 is 0. The Labute approximate surface area is 133 Å². The first-order chi connectivity index (χ1) is 9.81. The summed E-state index contributed by atoms with van der Waals surface area (Å²) < 4.78 is 33.4. The molecule has 1 saturated carbocycles. The maximum Gasteiger partial charge on any atom is 0.419 e. The lowest BCUT2D eigenvalue weighted by atomic mass is 9.78. The van der Waals surface area contributed by atoms with E-state index in [0.29, 0.717) is 5.52 Å². The van der Waals surface area contributed by atoms with Crippen LogP contribution in [-0.2, 0) is 17.1 Å². The summed E-state index contributed by atoms with van der Waals surface area (Å²) in [6, 6.07) is 4.35. The Morgan fingerprint density at radius 2 is 2.09 bits per heavy atom. The third-order valence-corrected chi connectivity index (χ3v) is 5.44. The fourth-order valence-corrected chi connectivity index (χ4v) is 3.56. The number of aryl methyl sites for hydroxylation is 1. The molecule has 122 valence electrons. The molecule has 1 aromatic carbocycles. The van der Waals surface area contributed by atoms with Crippen LogP contribution >= 0.6 is 12.4 Å². The van der Waals surface area contributed by atoms with E-state index in [0.717, 1.165) is 19.3 Å². The molecular formula is C13H18ClN3O4S. The highest BCUT2D eigenvalue weighted by atomic mass is 35.5. The average molecular weight is 348 g/mol. The van der Waals surface area contributed by atoms with E-state index in [1.165, 1.54) is 16.7 Å². The van der Waals surface area contributed by atoms with Gasteiger partial charge in [0.2, 0.25) is 10.0 Å². The number of halogens is 1. The van der Waals surface area contributed by atoms with Crippen molar-refractivity contribution in [2.24, 2.45) is 12.8 Å². The maximum absolute atomic E-state index is 12.3. The number of oxazole rings is 1. The number of nitrogens with two attached hydrogens (primary N) is 1. The van der Waals surface area contributed by atoms with Crippen LogP contribution in [0, 0.1) is 0 Å². The molecule has 0 unspecified atom stereocenters. The van der Waals surface area contributed by atoms with Gasteiger partial charge in [0.1, 0.15) is 0 Å². The number of benzene rings is 1. The Bertz CT molecular complexity index is 852. The number of rotatable bonds is 4. The Hall–Kier alpha value is -1.35. The van der Waals surface area contributed by atoms with Crippen LogP contribution in [0.1, 0.15) is 19.3 Å². The van der Waals surface area contributed by atoms with Crippen LogP contribution in [0.3, 0.4) is 0 Å². The summed E-state index contributed by atoms with van der Waals surface area (Å²) in [5, 5.41) is 0. The molecule has 0 spiro atoms. The predicted octanol–water partition coefficient (Wildman–Crippen LogP) is 0.713. The van der Waals surface area contributed by atoms with Gasteiger partial charge in [-0.05, 0) is 31.4 Å². The predicted molar refractivity (Wildman–Crippen MR) is 84.7 cm³/mol. The van der Waals surface area contributed by atoms with Crippen molar-refractivity contribution in [3.05, 3.63) is 28.7 Å². The monoisotopic (exact) mass is 347 g/mol. The zero-order chi connectivity index (χ0) is 15.3. The third kappa shape index (κ3) is 2.91. The Morgan fingerprint density at radius 1 is 1.41 bits per heavy atom. The molecule has 1 aliphatic carbocycles. The van der Waals surface area contributed by atoms with E-state index in [2.05, 4.69) is 4.72 Å². The van der Waals surface area contributed by atoms with Crippen molar-refractivity contribution in [2.75, 3.05) is 6.54 Å². The summed E-state index contributed by atoms with van der Waals surface area (Å²) in [7, 11) is -2.10. The first-order valence-corrected chi connectivity index (χ1v) is 8.17. The van der Waals surface area contributed by atoms with Gasteiger partial charge in [-0.25, -0.2) is 17.9 Å². The van der Waals surface area contributed by atoms with Gasteiger partial charge < -0.3 is 10.2 Å². The van der Waals surface area contributed by atoms with Crippen molar-refractivity contribution in [1.82, 2.24) is 9.29 Å². The molecule has 2 aromatic rings. The topological polar surface area (TPSA) is 107 Å². The summed E-state index contributed by atoms with van der Waals surface area (Å²) in [6.07, 6.45) is 2.67. The molecular weight excluding hydrogens is 330 g/mol. The number of nitrogens with zero attached hydrogens (tertiary/aromatic N) is 1. The molecule has 22 heavy (non-hydrogen) atoms. The zero-order valence-electron chi connectivity index (χ0n) is 12.0. The van der Waals surface area contributed by atoms with Crippen LogP contribution in [0.25, 0.3) is 11.1 Å². The van der Waals surface area contributed by atoms with E-state index in [1.807, 2.05) is 0 Å². The molecule has 7 nitrogen and oxygen atoms in total. The molecule has 1 heterocycles. The van der Waals surface area contributed by atoms with Crippen molar-refractivity contribution < 1.29 is 12.8 Å². The molecule has 0 amide bonds. The van der Waals surface area contributed by atoms with Gasteiger partial charge in [0.25, 0.3) is 0 Å². The lowest BCUT2D eigenvalue weighted by Crippen LogP contribution is -2.54. The standard InChI is InChI=1S/C13H17N3O4S.ClH/c1-16-10-4-3-9(7-11(10)20-12(16)17)21(18,19)15-8-13(14)5-2-6-13;/h3-4,7,15H,2,5-6,8,14H2,1H3;1H. The molecule has 3 rings (SSSR count). The lowest BCUT2D eigenvalue weighted by Gasteiger charge is -2.37. The first kappa shape index (κ1) is 17.0. The van der Waals surface area contributed by atoms with Crippen LogP contribution in [0.4, 0.5) is 0 Å². The molecule has 0 atom stereocenters. The van der Waals surface area contributed by atoms with Crippen molar-refractivity contribution in [3.63, 3.8) is 0 Å². The summed E-state index contributed by atoms with van der Waals surface area (Å²) in [5.74, 6) is -0.525. The van der Waals surface area contributed by atoms with Crippen molar-refractivity contribution in [2.45, 2.75) is 29.7 Å². The van der Waals surface area contributed by atoms with Gasteiger partial charge in [-0.3, -0.25) is 4.57 Å². The minimum atomic E-state index is -3.67. The van der Waals surface area contributed by atoms with Crippen LogP contribution in [0.5, 0.6) is 0 Å². The molecule has 3 N–H and O–H groups in total. The second-order valence-corrected chi connectivity index (χ2v) is 7.36. The van der Waals surface area contributed by atoms with Crippen LogP contribution in [0.2, 0.25) is 0 Å². The largest absolute Gasteiger partial charge is 0.419 e. The number of hydrogen-bond donors (Lipinski definition) is 2. The van der Waals surface area contributed by atoms with Crippen molar-refractivity contribution in [1.29, 1.82) is 0 Å². The normalized spacial score (nSPS) is 17.0. The molecule has 0 aliphatic heterocycles. The van der Waals surface area contributed by atoms with Gasteiger partial charge in [0.05, 0.1) is 10.4 Å². The van der Waals surface area contributed by atoms with Gasteiger partial charge >= 0.3 is 5.76 Å². The minimum Gasteiger partial charge on any atom is -0.408 e. The first-order valence-electron chi connectivity index (χ1n) is 6.69. The average Bonchev–Trinajstić information content (AvgIpc) is 2.69. The molecule has 1 fully saturated rings. The second-order valence-electron chi connectivity index (χ2n) is 5.60. The Morgan fingerprint density at radius 3 is 2.68 bits per heavy atom. The Balaban J connectivity index is 0.00000176. The highest BCUT2D eigenvalue weighted by molar-refractivity contribution is 7.89. The van der Waals surface area contributed by atoms with E-state index in [9.17, 15) is 13.2 Å². The SMILES string of the molecule is Cl.Cn1c(=O)oc2cc(S(=O)(=O)NCC3(N)CCC3)ccc21. The Kier molecular flexibility index (Phi) is 4.40. The molecule has 9 heteroatoms. The zero-order valence-corrected chi connectivity index (χ0v) is 13.7. The van der Waals surface area contributed by atoms with Gasteiger partial charge in [-0.1, -0.05) is 0 Å². The summed E-state index contributed by atoms with van der Waals surface area (Å²) in [4.78, 5) is 11.5. The maximum atomic E-state index is 12.3. The number of nitrogens with one attached hydrogen (secondary N) is 1. The summed E-state index contributed by atoms with van der Waals surface area (Å²) in [5.41, 5.74) is 6.37. The number of sulfonamides is 1. The molecule has 0 bridgehead atoms. The molecule has 1 aromatic heterocycles. The van der Waals surface area contributed by atoms with Crippen LogP contribution in [0.15, 0.2) is 32.3 Å². The lowest BCUT2D eigenvalue weighted by molar-refractivity contribution is 0.251. The van der Waals surface area contributed by atoms with E-state index >= 15 is 0 Å². The highest BCUT2D eigenvalue weighted by Crippen LogP contribution is 2.28. The molecule has 0 saturated heterocycles. The number of fused-ring (bicyclic) bond motifs is 1. The van der Waals surface area contributed by atoms with Crippen LogP contribution < -0.4 is 16.2 Å². The van der Waals surface area contributed by atoms with Gasteiger partial charge in [0.15, 0.2) is 5.58 Å². The van der Waals surface area contributed by atoms with E-state index in [4.69, 9.17) is 10.2 Å². The summed E-state index contributed by atoms with van der Waals surface area (Å²) in [6.45, 7) is 0.214. The van der Waals surface area contributed by atoms with Crippen LogP contribution in [-0.4, -0.2) is 25.1 Å². The van der Waals surface area contributed by atoms with E-state index in [1.54, 1.807) is 13.1 Å². The van der Waals surface area contributed by atoms with Crippen molar-refractivity contribution >= 4 is 33.5 Å². The molecule has 1 aliphatic rings. The van der Waals surface area contributed by atoms with E-state index < -0.39 is 21.3 Å². The smallest absolute Gasteiger partial charge is 0.408 e. The van der Waals surface area contributed by atoms with Gasteiger partial charge in [0, 0.05) is 25.2 Å². The third-order valence-electron chi connectivity index (χ3n) is 4.04. The molecule has 0 radical (unpaired) electrons. The fraction of sp³-hybridized carbons (Fsp3) is 0.462. The number of hydrogen-bond acceptors (Lipinski definition) is 5.